The number of carbonyl (C=O) groups excluding carboxylic acids is 2. The zero-order valence-electron chi connectivity index (χ0n) is 36.0. The third-order valence-electron chi connectivity index (χ3n) is 12.2. The molecule has 6 nitrogen and oxygen atoms in total. The second-order valence-corrected chi connectivity index (χ2v) is 17.6. The molecule has 320 valence electrons. The highest BCUT2D eigenvalue weighted by Crippen LogP contribution is 2.44. The zero-order valence-corrected chi connectivity index (χ0v) is 36.0. The van der Waals surface area contributed by atoms with Gasteiger partial charge in [0.05, 0.1) is 51.8 Å². The van der Waals surface area contributed by atoms with Crippen molar-refractivity contribution in [2.45, 2.75) is 166 Å². The van der Waals surface area contributed by atoms with Crippen LogP contribution >= 0.6 is 0 Å². The summed E-state index contributed by atoms with van der Waals surface area (Å²) in [7, 11) is 4.80. The molecule has 4 rings (SSSR count). The number of aliphatic hydroxyl groups excluding tert-OH is 1. The van der Waals surface area contributed by atoms with Gasteiger partial charge in [0.15, 0.2) is 0 Å². The molecule has 3 aromatic rings. The van der Waals surface area contributed by atoms with Gasteiger partial charge in [-0.2, -0.15) is 0 Å². The lowest BCUT2D eigenvalue weighted by Gasteiger charge is -2.47. The van der Waals surface area contributed by atoms with Crippen molar-refractivity contribution in [2.75, 3.05) is 27.2 Å². The predicted octanol–water partition coefficient (Wildman–Crippen LogP) is 12.2. The van der Waals surface area contributed by atoms with Gasteiger partial charge in [-0.25, -0.2) is 8.78 Å². The quantitative estimate of drug-likeness (QED) is 0.0401. The molecule has 58 heavy (non-hydrogen) atoms. The van der Waals surface area contributed by atoms with E-state index in [1.165, 1.54) is 152 Å². The Hall–Kier alpha value is -3.62. The number of quaternary nitrogens is 1. The molecule has 0 aromatic heterocycles. The number of carbonyl (C=O) groups is 2. The van der Waals surface area contributed by atoms with Crippen LogP contribution < -0.4 is 5.32 Å². The minimum atomic E-state index is -0.947. The van der Waals surface area contributed by atoms with Crippen LogP contribution in [-0.2, 0) is 16.1 Å². The standard InChI is InChI=1S/C50H73F2N3O3/c1-4-5-6-7-8-9-11-14-17-20-35-55(2,3)36-21-18-15-12-10-13-16-19-22-49(57)53-39-40-23-25-41(26-24-40)47-38-50(58)54(47)46(42-27-31-44(51)32-28-42)37-48(56)43-29-33-45(52)34-30-43/h23-34,46-48,56H,4-22,35-39H2,1-3H3/p+1. The Bertz CT molecular complexity index is 1600. The predicted molar refractivity (Wildman–Crippen MR) is 233 cm³/mol. The molecule has 1 aliphatic rings. The molecule has 2 N–H and O–H groups in total. The van der Waals surface area contributed by atoms with Crippen molar-refractivity contribution in [3.8, 4) is 0 Å². The van der Waals surface area contributed by atoms with Crippen molar-refractivity contribution in [1.29, 1.82) is 0 Å². The van der Waals surface area contributed by atoms with Crippen molar-refractivity contribution in [3.05, 3.63) is 107 Å². The SMILES string of the molecule is CCCCCCCCCCCC[N+](C)(C)CCCCCCCCCCC(=O)NCc1ccc(C2CC(=O)N2C(CC(O)c2ccc(F)cc2)c2ccc(F)cc2)cc1. The van der Waals surface area contributed by atoms with Crippen molar-refractivity contribution in [1.82, 2.24) is 10.2 Å². The topological polar surface area (TPSA) is 69.6 Å². The number of aliphatic hydroxyl groups is 1. The van der Waals surface area contributed by atoms with Crippen LogP contribution in [0.25, 0.3) is 0 Å². The maximum Gasteiger partial charge on any atom is 0.226 e. The number of halogens is 2. The van der Waals surface area contributed by atoms with Gasteiger partial charge >= 0.3 is 0 Å². The van der Waals surface area contributed by atoms with Crippen molar-refractivity contribution < 1.29 is 28.0 Å². The lowest BCUT2D eigenvalue weighted by molar-refractivity contribution is -0.890. The van der Waals surface area contributed by atoms with E-state index in [9.17, 15) is 23.5 Å². The molecule has 3 unspecified atom stereocenters. The zero-order chi connectivity index (χ0) is 41.6. The van der Waals surface area contributed by atoms with Gasteiger partial charge in [-0.1, -0.05) is 139 Å². The third-order valence-corrected chi connectivity index (χ3v) is 12.2. The molecule has 1 saturated heterocycles. The van der Waals surface area contributed by atoms with Crippen molar-refractivity contribution in [2.24, 2.45) is 0 Å². The summed E-state index contributed by atoms with van der Waals surface area (Å²) in [6.45, 7) is 5.31. The van der Waals surface area contributed by atoms with Crippen LogP contribution in [0.2, 0.25) is 0 Å². The molecule has 2 amide bonds. The highest BCUT2D eigenvalue weighted by atomic mass is 19.1. The van der Waals surface area contributed by atoms with Gasteiger partial charge in [-0.05, 0) is 78.6 Å². The smallest absolute Gasteiger partial charge is 0.226 e. The van der Waals surface area contributed by atoms with Crippen LogP contribution in [0.4, 0.5) is 8.78 Å². The first-order valence-corrected chi connectivity index (χ1v) is 22.7. The molecule has 0 aliphatic carbocycles. The number of hydrogen-bond acceptors (Lipinski definition) is 3. The van der Waals surface area contributed by atoms with Crippen LogP contribution in [0.5, 0.6) is 0 Å². The largest absolute Gasteiger partial charge is 0.388 e. The van der Waals surface area contributed by atoms with Crippen LogP contribution in [0.1, 0.15) is 182 Å². The molecule has 1 fully saturated rings. The van der Waals surface area contributed by atoms with Gasteiger partial charge < -0.3 is 19.8 Å². The number of rotatable bonds is 30. The van der Waals surface area contributed by atoms with Gasteiger partial charge in [-0.15, -0.1) is 0 Å². The minimum absolute atomic E-state index is 0.0503. The monoisotopic (exact) mass is 803 g/mol. The first-order valence-electron chi connectivity index (χ1n) is 22.7. The van der Waals surface area contributed by atoms with Crippen LogP contribution in [-0.4, -0.2) is 53.5 Å². The summed E-state index contributed by atoms with van der Waals surface area (Å²) in [5.74, 6) is -0.751. The highest BCUT2D eigenvalue weighted by molar-refractivity contribution is 5.84. The van der Waals surface area contributed by atoms with E-state index >= 15 is 0 Å². The Balaban J connectivity index is 1.07. The summed E-state index contributed by atoms with van der Waals surface area (Å²) in [6, 6.07) is 18.9. The molecule has 8 heteroatoms. The third kappa shape index (κ3) is 16.9. The molecular formula is C50H74F2N3O3+. The Labute approximate surface area is 349 Å². The number of likely N-dealkylation sites (tertiary alicyclic amines) is 1. The van der Waals surface area contributed by atoms with Crippen LogP contribution in [0.15, 0.2) is 72.8 Å². The summed E-state index contributed by atoms with van der Waals surface area (Å²) < 4.78 is 28.5. The summed E-state index contributed by atoms with van der Waals surface area (Å²) in [4.78, 5) is 27.4. The fraction of sp³-hybridized carbons (Fsp3) is 0.600. The van der Waals surface area contributed by atoms with Gasteiger partial charge in [-0.3, -0.25) is 9.59 Å². The van der Waals surface area contributed by atoms with Gasteiger partial charge in [0, 0.05) is 19.4 Å². The average molecular weight is 803 g/mol. The number of benzene rings is 3. The average Bonchev–Trinajstić information content (AvgIpc) is 3.21. The van der Waals surface area contributed by atoms with E-state index in [0.29, 0.717) is 24.9 Å². The molecule has 3 aromatic carbocycles. The second-order valence-electron chi connectivity index (χ2n) is 17.6. The number of hydrogen-bond donors (Lipinski definition) is 2. The lowest BCUT2D eigenvalue weighted by atomic mass is 9.86. The highest BCUT2D eigenvalue weighted by Gasteiger charge is 2.43. The summed E-state index contributed by atoms with van der Waals surface area (Å²) in [5.41, 5.74) is 3.21. The van der Waals surface area contributed by atoms with E-state index in [2.05, 4.69) is 26.3 Å². The van der Waals surface area contributed by atoms with E-state index < -0.39 is 18.0 Å². The molecule has 0 radical (unpaired) electrons. The summed E-state index contributed by atoms with van der Waals surface area (Å²) in [6.07, 6.45) is 23.7. The van der Waals surface area contributed by atoms with Crippen LogP contribution in [0.3, 0.4) is 0 Å². The Morgan fingerprint density at radius 1 is 0.690 bits per heavy atom. The van der Waals surface area contributed by atoms with E-state index in [0.717, 1.165) is 34.0 Å². The number of nitrogens with one attached hydrogen (secondary N) is 1. The molecule has 1 aliphatic heterocycles. The first kappa shape index (κ1) is 47.1. The molecule has 3 atom stereocenters. The number of nitrogens with zero attached hydrogens (tertiary/aromatic N) is 2. The molecule has 0 bridgehead atoms. The fourth-order valence-electron chi connectivity index (χ4n) is 8.40. The van der Waals surface area contributed by atoms with Crippen LogP contribution in [0, 0.1) is 11.6 Å². The fourth-order valence-corrected chi connectivity index (χ4v) is 8.40. The normalized spacial score (nSPS) is 15.3. The Morgan fingerprint density at radius 2 is 1.16 bits per heavy atom. The van der Waals surface area contributed by atoms with Gasteiger partial charge in [0.1, 0.15) is 11.6 Å². The maximum atomic E-state index is 13.8. The summed E-state index contributed by atoms with van der Waals surface area (Å²) >= 11 is 0. The Kier molecular flexibility index (Phi) is 20.9. The van der Waals surface area contributed by atoms with Crippen molar-refractivity contribution >= 4 is 11.8 Å². The van der Waals surface area contributed by atoms with E-state index in [1.54, 1.807) is 17.0 Å². The van der Waals surface area contributed by atoms with E-state index in [4.69, 9.17) is 0 Å². The van der Waals surface area contributed by atoms with Crippen molar-refractivity contribution in [3.63, 3.8) is 0 Å². The van der Waals surface area contributed by atoms with E-state index in [1.807, 2.05) is 24.3 Å². The number of amides is 2. The molecule has 1 heterocycles. The minimum Gasteiger partial charge on any atom is -0.388 e. The maximum absolute atomic E-state index is 13.8. The Morgan fingerprint density at radius 3 is 1.66 bits per heavy atom. The summed E-state index contributed by atoms with van der Waals surface area (Å²) in [5, 5.41) is 14.1. The van der Waals surface area contributed by atoms with Gasteiger partial charge in [0.25, 0.3) is 0 Å². The van der Waals surface area contributed by atoms with E-state index in [-0.39, 0.29) is 30.1 Å². The lowest BCUT2D eigenvalue weighted by Crippen LogP contribution is -2.48. The molecular weight excluding hydrogens is 729 g/mol. The van der Waals surface area contributed by atoms with Gasteiger partial charge in [0.2, 0.25) is 11.8 Å². The number of unbranched alkanes of at least 4 members (excludes halogenated alkanes) is 16. The second kappa shape index (κ2) is 25.8. The molecule has 0 saturated carbocycles. The number of β-lactam (4-membered cyclic amide) rings is 1. The molecule has 0 spiro atoms. The first-order chi connectivity index (χ1) is 28.1.